The smallest absolute Gasteiger partial charge is 0.322 e. The fourth-order valence-corrected chi connectivity index (χ4v) is 3.90. The highest BCUT2D eigenvalue weighted by Gasteiger charge is 2.42. The molecule has 1 N–H and O–H groups in total. The molecule has 1 saturated heterocycles. The molecule has 1 aromatic rings. The average Bonchev–Trinajstić information content (AvgIpc) is 3.01. The summed E-state index contributed by atoms with van der Waals surface area (Å²) in [6, 6.07) is 7.44. The Labute approximate surface area is 159 Å². The minimum atomic E-state index is -0.384. The van der Waals surface area contributed by atoms with Gasteiger partial charge >= 0.3 is 6.03 Å². The normalized spacial score (nSPS) is 23.7. The zero-order chi connectivity index (χ0) is 19.0. The van der Waals surface area contributed by atoms with Gasteiger partial charge in [-0.1, -0.05) is 29.8 Å². The lowest BCUT2D eigenvalue weighted by molar-refractivity contribution is -0.126. The molecule has 1 fully saturated rings. The number of aryl methyl sites for hydroxylation is 1. The summed E-state index contributed by atoms with van der Waals surface area (Å²) in [5.41, 5.74) is 3.61. The molecule has 0 saturated carbocycles. The van der Waals surface area contributed by atoms with Gasteiger partial charge in [-0.2, -0.15) is 0 Å². The van der Waals surface area contributed by atoms with Gasteiger partial charge in [-0.3, -0.25) is 14.6 Å². The second-order valence-corrected chi connectivity index (χ2v) is 7.39. The number of nitrogens with one attached hydrogen (secondary N) is 1. The molecule has 4 rings (SSSR count). The molecule has 1 unspecified atom stereocenters. The van der Waals surface area contributed by atoms with Crippen molar-refractivity contribution in [3.05, 3.63) is 46.7 Å². The van der Waals surface area contributed by atoms with Crippen LogP contribution in [0.25, 0.3) is 0 Å². The van der Waals surface area contributed by atoms with E-state index in [4.69, 9.17) is 4.74 Å². The Morgan fingerprint density at radius 2 is 1.81 bits per heavy atom. The van der Waals surface area contributed by atoms with Gasteiger partial charge in [0.25, 0.3) is 5.91 Å². The number of morpholine rings is 1. The Morgan fingerprint density at radius 1 is 1.11 bits per heavy atom. The van der Waals surface area contributed by atoms with Gasteiger partial charge in [0.1, 0.15) is 0 Å². The van der Waals surface area contributed by atoms with Crippen molar-refractivity contribution in [1.29, 1.82) is 0 Å². The van der Waals surface area contributed by atoms with Crippen LogP contribution in [0.3, 0.4) is 0 Å². The lowest BCUT2D eigenvalue weighted by Crippen LogP contribution is -2.45. The van der Waals surface area contributed by atoms with E-state index in [1.165, 1.54) is 0 Å². The highest BCUT2D eigenvalue weighted by molar-refractivity contribution is 6.01. The third-order valence-corrected chi connectivity index (χ3v) is 5.64. The van der Waals surface area contributed by atoms with Crippen molar-refractivity contribution in [2.24, 2.45) is 0 Å². The van der Waals surface area contributed by atoms with E-state index in [2.05, 4.69) is 10.2 Å². The predicted molar refractivity (Wildman–Crippen MR) is 101 cm³/mol. The van der Waals surface area contributed by atoms with E-state index in [0.717, 1.165) is 49.7 Å². The summed E-state index contributed by atoms with van der Waals surface area (Å²) < 4.78 is 5.38. The van der Waals surface area contributed by atoms with Crippen LogP contribution in [-0.2, 0) is 9.53 Å². The first-order valence-electron chi connectivity index (χ1n) is 9.48. The number of carbonyl (C=O) groups excluding carboxylic acids is 2. The van der Waals surface area contributed by atoms with Crippen LogP contribution in [0.5, 0.6) is 0 Å². The second-order valence-electron chi connectivity index (χ2n) is 7.39. The van der Waals surface area contributed by atoms with Crippen molar-refractivity contribution >= 4 is 11.9 Å². The van der Waals surface area contributed by atoms with E-state index in [0.29, 0.717) is 18.7 Å². The molecule has 0 aromatic heterocycles. The van der Waals surface area contributed by atoms with Gasteiger partial charge in [-0.25, -0.2) is 4.79 Å². The summed E-state index contributed by atoms with van der Waals surface area (Å²) in [6.07, 6.45) is 0. The van der Waals surface area contributed by atoms with Crippen molar-refractivity contribution in [3.63, 3.8) is 0 Å². The number of urea groups is 1. The molecule has 144 valence electrons. The van der Waals surface area contributed by atoms with Crippen molar-refractivity contribution in [2.45, 2.75) is 13.0 Å². The Morgan fingerprint density at radius 3 is 2.52 bits per heavy atom. The van der Waals surface area contributed by atoms with Gasteiger partial charge in [-0.05, 0) is 12.5 Å². The number of rotatable bonds is 4. The molecule has 3 amide bonds. The summed E-state index contributed by atoms with van der Waals surface area (Å²) in [5, 5.41) is 2.98. The van der Waals surface area contributed by atoms with Gasteiger partial charge < -0.3 is 15.0 Å². The van der Waals surface area contributed by atoms with Crippen molar-refractivity contribution < 1.29 is 14.3 Å². The maximum absolute atomic E-state index is 13.2. The molecular weight excluding hydrogens is 344 g/mol. The number of carbonyl (C=O) groups is 2. The molecule has 0 spiro atoms. The van der Waals surface area contributed by atoms with Crippen LogP contribution in [0, 0.1) is 6.92 Å². The number of nitrogens with zero attached hydrogens (tertiary/aromatic N) is 3. The molecule has 7 heteroatoms. The van der Waals surface area contributed by atoms with Gasteiger partial charge in [0.15, 0.2) is 0 Å². The van der Waals surface area contributed by atoms with E-state index in [1.54, 1.807) is 11.9 Å². The first-order chi connectivity index (χ1) is 13.0. The topological polar surface area (TPSA) is 65.1 Å². The van der Waals surface area contributed by atoms with Crippen LogP contribution in [0.4, 0.5) is 4.79 Å². The van der Waals surface area contributed by atoms with Crippen LogP contribution >= 0.6 is 0 Å². The largest absolute Gasteiger partial charge is 0.379 e. The lowest BCUT2D eigenvalue weighted by Gasteiger charge is -2.31. The van der Waals surface area contributed by atoms with Crippen LogP contribution < -0.4 is 5.32 Å². The number of ether oxygens (including phenoxy) is 1. The van der Waals surface area contributed by atoms with Crippen molar-refractivity contribution in [1.82, 2.24) is 20.0 Å². The maximum atomic E-state index is 13.2. The van der Waals surface area contributed by atoms with Gasteiger partial charge in [0.2, 0.25) is 0 Å². The first-order valence-corrected chi connectivity index (χ1v) is 9.48. The molecule has 7 nitrogen and oxygen atoms in total. The summed E-state index contributed by atoms with van der Waals surface area (Å²) >= 11 is 0. The monoisotopic (exact) mass is 370 g/mol. The first kappa shape index (κ1) is 18.0. The number of benzene rings is 1. The maximum Gasteiger partial charge on any atom is 0.322 e. The molecule has 0 aliphatic carbocycles. The van der Waals surface area contributed by atoms with Gasteiger partial charge in [0, 0.05) is 33.2 Å². The standard InChI is InChI=1S/C20H26N4O3/c1-14-3-5-15(6-4-14)18-17-16(22(2)20(26)21-18)13-24(19(17)25)8-7-23-9-11-27-12-10-23/h3-6,18H,7-13H2,1-2H3,(H,21,26). The number of hydrogen-bond donors (Lipinski definition) is 1. The summed E-state index contributed by atoms with van der Waals surface area (Å²) in [6.45, 7) is 7.31. The molecule has 1 aromatic carbocycles. The van der Waals surface area contributed by atoms with Crippen LogP contribution in [0.1, 0.15) is 17.2 Å². The van der Waals surface area contributed by atoms with E-state index in [-0.39, 0.29) is 18.0 Å². The molecule has 3 heterocycles. The van der Waals surface area contributed by atoms with E-state index < -0.39 is 0 Å². The fourth-order valence-electron chi connectivity index (χ4n) is 3.90. The lowest BCUT2D eigenvalue weighted by atomic mass is 9.95. The molecule has 27 heavy (non-hydrogen) atoms. The van der Waals surface area contributed by atoms with E-state index in [9.17, 15) is 9.59 Å². The van der Waals surface area contributed by atoms with E-state index >= 15 is 0 Å². The quantitative estimate of drug-likeness (QED) is 0.863. The van der Waals surface area contributed by atoms with E-state index in [1.807, 2.05) is 36.1 Å². The number of hydrogen-bond acceptors (Lipinski definition) is 4. The van der Waals surface area contributed by atoms with Gasteiger partial charge in [0.05, 0.1) is 37.1 Å². The van der Waals surface area contributed by atoms with Crippen LogP contribution in [-0.4, -0.2) is 79.6 Å². The average molecular weight is 370 g/mol. The zero-order valence-corrected chi connectivity index (χ0v) is 15.9. The molecular formula is C20H26N4O3. The summed E-state index contributed by atoms with van der Waals surface area (Å²) in [5.74, 6) is 0.0238. The van der Waals surface area contributed by atoms with Crippen molar-refractivity contribution in [2.75, 3.05) is 53.0 Å². The number of likely N-dealkylation sites (N-methyl/N-ethyl adjacent to an activating group) is 1. The zero-order valence-electron chi connectivity index (χ0n) is 15.9. The summed E-state index contributed by atoms with van der Waals surface area (Å²) in [4.78, 5) is 31.4. The third kappa shape index (κ3) is 3.44. The Hall–Kier alpha value is -2.38. The minimum absolute atomic E-state index is 0.0238. The second kappa shape index (κ2) is 7.32. The third-order valence-electron chi connectivity index (χ3n) is 5.64. The Kier molecular flexibility index (Phi) is 4.88. The fraction of sp³-hybridized carbons (Fsp3) is 0.500. The Balaban J connectivity index is 1.53. The minimum Gasteiger partial charge on any atom is -0.379 e. The Bertz CT molecular complexity index is 768. The highest BCUT2D eigenvalue weighted by atomic mass is 16.5. The van der Waals surface area contributed by atoms with Crippen molar-refractivity contribution in [3.8, 4) is 0 Å². The predicted octanol–water partition coefficient (Wildman–Crippen LogP) is 1.12. The molecule has 3 aliphatic heterocycles. The molecule has 1 atom stereocenters. The highest BCUT2D eigenvalue weighted by Crippen LogP contribution is 2.35. The van der Waals surface area contributed by atoms with Crippen LogP contribution in [0.2, 0.25) is 0 Å². The van der Waals surface area contributed by atoms with Gasteiger partial charge in [-0.15, -0.1) is 0 Å². The molecule has 0 bridgehead atoms. The summed E-state index contributed by atoms with van der Waals surface area (Å²) in [7, 11) is 1.73. The molecule has 3 aliphatic rings. The number of amides is 3. The molecule has 0 radical (unpaired) electrons. The SMILES string of the molecule is Cc1ccc(C2NC(=O)N(C)C3=C2C(=O)N(CCN2CCOCC2)C3)cc1. The van der Waals surface area contributed by atoms with Crippen LogP contribution in [0.15, 0.2) is 35.5 Å².